The van der Waals surface area contributed by atoms with E-state index in [1.807, 2.05) is 13.8 Å². The van der Waals surface area contributed by atoms with Gasteiger partial charge < -0.3 is 31.3 Å². The molecule has 2 aliphatic carbocycles. The van der Waals surface area contributed by atoms with Crippen LogP contribution in [0.25, 0.3) is 0 Å². The first kappa shape index (κ1) is 43.8. The molecular weight excluding hydrogens is 602 g/mol. The fourth-order valence-electron chi connectivity index (χ4n) is 4.73. The van der Waals surface area contributed by atoms with Crippen LogP contribution < -0.4 is 21.7 Å². The van der Waals surface area contributed by atoms with Crippen molar-refractivity contribution in [2.24, 2.45) is 23.0 Å². The molecule has 3 fully saturated rings. The van der Waals surface area contributed by atoms with Crippen molar-refractivity contribution in [1.29, 1.82) is 0 Å². The van der Waals surface area contributed by atoms with E-state index in [0.29, 0.717) is 38.3 Å². The lowest BCUT2D eigenvalue weighted by Crippen LogP contribution is -2.60. The van der Waals surface area contributed by atoms with E-state index in [9.17, 15) is 28.8 Å². The van der Waals surface area contributed by atoms with Crippen molar-refractivity contribution in [3.63, 3.8) is 0 Å². The average Bonchev–Trinajstić information content (AvgIpc) is 3.71. The Bertz CT molecular complexity index is 987. The van der Waals surface area contributed by atoms with Crippen LogP contribution in [0.2, 0.25) is 0 Å². The zero-order valence-electron chi connectivity index (χ0n) is 30.7. The number of primary amides is 1. The van der Waals surface area contributed by atoms with E-state index in [2.05, 4.69) is 43.6 Å². The first-order chi connectivity index (χ1) is 22.2. The lowest BCUT2D eigenvalue weighted by Gasteiger charge is -2.36. The Balaban J connectivity index is 0.00000211. The van der Waals surface area contributed by atoms with Gasteiger partial charge in [-0.3, -0.25) is 24.0 Å². The molecule has 2 saturated carbocycles. The summed E-state index contributed by atoms with van der Waals surface area (Å²) in [7, 11) is 0. The Morgan fingerprint density at radius 3 is 1.87 bits per heavy atom. The molecule has 5 N–H and O–H groups in total. The number of unbranched alkanes of at least 4 members (excludes halogenated alkanes) is 1. The SMILES string of the molecule is CC.CC(C)(C)C(NC(=O)NCC(=O)OCC1CC1)C(=O)N1CCCC1C(=O)NC(CC1CCC1)C(=O)C(N)=O.CCC.CCCC. The Morgan fingerprint density at radius 2 is 1.43 bits per heavy atom. The number of ether oxygens (including phenoxy) is 1. The molecule has 3 aliphatic rings. The number of urea groups is 1. The number of carbonyl (C=O) groups is 6. The molecule has 0 spiro atoms. The molecule has 3 rings (SSSR count). The summed E-state index contributed by atoms with van der Waals surface area (Å²) >= 11 is 0. The fourth-order valence-corrected chi connectivity index (χ4v) is 4.73. The molecule has 0 radical (unpaired) electrons. The van der Waals surface area contributed by atoms with Gasteiger partial charge in [-0.05, 0) is 49.4 Å². The van der Waals surface area contributed by atoms with Crippen molar-refractivity contribution in [3.8, 4) is 0 Å². The molecule has 3 atom stereocenters. The summed E-state index contributed by atoms with van der Waals surface area (Å²) in [6.07, 6.45) is 10.1. The molecule has 0 bridgehead atoms. The topological polar surface area (TPSA) is 177 Å². The van der Waals surface area contributed by atoms with Gasteiger partial charge in [0, 0.05) is 6.54 Å². The van der Waals surface area contributed by atoms with Crippen LogP contribution in [0.15, 0.2) is 0 Å². The number of ketones is 1. The molecule has 3 unspecified atom stereocenters. The van der Waals surface area contributed by atoms with Gasteiger partial charge in [0.05, 0.1) is 12.6 Å². The summed E-state index contributed by atoms with van der Waals surface area (Å²) < 4.78 is 5.10. The summed E-state index contributed by atoms with van der Waals surface area (Å²) in [5, 5.41) is 7.74. The molecule has 12 heteroatoms. The number of Topliss-reactive ketones (excluding diaryl/α,β-unsaturated/α-hetero) is 1. The fraction of sp³-hybridized carbons (Fsp3) is 0.829. The Hall–Kier alpha value is -3.18. The van der Waals surface area contributed by atoms with Crippen LogP contribution in [-0.4, -0.2) is 78.2 Å². The molecule has 12 nitrogen and oxygen atoms in total. The highest BCUT2D eigenvalue weighted by Gasteiger charge is 2.43. The second-order valence-corrected chi connectivity index (χ2v) is 13.5. The second kappa shape index (κ2) is 23.2. The van der Waals surface area contributed by atoms with Gasteiger partial charge in [0.2, 0.25) is 17.6 Å². The number of nitrogens with zero attached hydrogens (tertiary/aromatic N) is 1. The maximum atomic E-state index is 13.6. The highest BCUT2D eigenvalue weighted by atomic mass is 16.5. The third-order valence-corrected chi connectivity index (χ3v) is 7.97. The third-order valence-electron chi connectivity index (χ3n) is 7.97. The number of nitrogens with one attached hydrogen (secondary N) is 3. The van der Waals surface area contributed by atoms with Gasteiger partial charge in [0.1, 0.15) is 18.6 Å². The van der Waals surface area contributed by atoms with Crippen molar-refractivity contribution >= 4 is 35.5 Å². The summed E-state index contributed by atoms with van der Waals surface area (Å²) in [6, 6.07) is -3.56. The minimum absolute atomic E-state index is 0.240. The number of hydrogen-bond acceptors (Lipinski definition) is 7. The second-order valence-electron chi connectivity index (χ2n) is 13.5. The normalized spacial score (nSPS) is 18.1. The van der Waals surface area contributed by atoms with Gasteiger partial charge in [-0.2, -0.15) is 0 Å². The Kier molecular flexibility index (Phi) is 21.6. The van der Waals surface area contributed by atoms with Gasteiger partial charge in [-0.1, -0.05) is 101 Å². The number of amides is 5. The highest BCUT2D eigenvalue weighted by molar-refractivity contribution is 6.37. The Morgan fingerprint density at radius 1 is 0.851 bits per heavy atom. The van der Waals surface area contributed by atoms with Crippen LogP contribution in [0, 0.1) is 17.3 Å². The smallest absolute Gasteiger partial charge is 0.325 e. The molecule has 0 aromatic carbocycles. The number of carbonyl (C=O) groups excluding carboxylic acids is 6. The van der Waals surface area contributed by atoms with Crippen LogP contribution >= 0.6 is 0 Å². The number of hydrogen-bond donors (Lipinski definition) is 4. The largest absolute Gasteiger partial charge is 0.464 e. The van der Waals surface area contributed by atoms with Crippen LogP contribution in [0.5, 0.6) is 0 Å². The molecular formula is C35H65N5O7. The monoisotopic (exact) mass is 667 g/mol. The maximum absolute atomic E-state index is 13.6. The Labute approximate surface area is 283 Å². The molecule has 1 saturated heterocycles. The minimum atomic E-state index is -1.10. The number of esters is 1. The number of likely N-dealkylation sites (tertiary alicyclic amines) is 1. The van der Waals surface area contributed by atoms with Gasteiger partial charge >= 0.3 is 12.0 Å². The van der Waals surface area contributed by atoms with E-state index in [0.717, 1.165) is 32.1 Å². The average molecular weight is 668 g/mol. The predicted octanol–water partition coefficient (Wildman–Crippen LogP) is 4.62. The zero-order chi connectivity index (χ0) is 36.2. The van der Waals surface area contributed by atoms with E-state index in [-0.39, 0.29) is 12.5 Å². The van der Waals surface area contributed by atoms with E-state index in [4.69, 9.17) is 10.5 Å². The van der Waals surface area contributed by atoms with Crippen molar-refractivity contribution in [2.75, 3.05) is 19.7 Å². The van der Waals surface area contributed by atoms with Crippen LogP contribution in [0.3, 0.4) is 0 Å². The summed E-state index contributed by atoms with van der Waals surface area (Å²) in [6.45, 7) is 18.3. The summed E-state index contributed by atoms with van der Waals surface area (Å²) in [5.41, 5.74) is 4.50. The molecule has 0 aromatic rings. The summed E-state index contributed by atoms with van der Waals surface area (Å²) in [4.78, 5) is 76.5. The molecule has 47 heavy (non-hydrogen) atoms. The number of nitrogens with two attached hydrogens (primary N) is 1. The maximum Gasteiger partial charge on any atom is 0.325 e. The lowest BCUT2D eigenvalue weighted by molar-refractivity contribution is -0.143. The predicted molar refractivity (Wildman–Crippen MR) is 184 cm³/mol. The highest BCUT2D eigenvalue weighted by Crippen LogP contribution is 2.31. The van der Waals surface area contributed by atoms with E-state index in [1.165, 1.54) is 24.2 Å². The van der Waals surface area contributed by atoms with Crippen LogP contribution in [0.4, 0.5) is 4.79 Å². The molecule has 1 aliphatic heterocycles. The van der Waals surface area contributed by atoms with Crippen molar-refractivity contribution in [1.82, 2.24) is 20.9 Å². The van der Waals surface area contributed by atoms with Gasteiger partial charge in [0.15, 0.2) is 0 Å². The van der Waals surface area contributed by atoms with Crippen molar-refractivity contribution in [3.05, 3.63) is 0 Å². The van der Waals surface area contributed by atoms with Gasteiger partial charge in [-0.25, -0.2) is 4.79 Å². The van der Waals surface area contributed by atoms with Crippen molar-refractivity contribution in [2.45, 2.75) is 151 Å². The molecule has 0 aromatic heterocycles. The third kappa shape index (κ3) is 17.0. The van der Waals surface area contributed by atoms with E-state index >= 15 is 0 Å². The van der Waals surface area contributed by atoms with Crippen LogP contribution in [0.1, 0.15) is 133 Å². The molecule has 1 heterocycles. The molecule has 272 valence electrons. The minimum Gasteiger partial charge on any atom is -0.464 e. The standard InChI is InChI=1S/C26H41N5O7.C4H10.C3H8.C2H6/c1-26(2,3)21(30-25(37)28-13-19(32)38-14-16-9-10-16)24(36)31-11-5-8-18(31)23(35)29-17(20(33)22(27)34)12-15-6-4-7-15;1-3-4-2;1-3-2;1-2/h15-18,21H,4-14H2,1-3H3,(H2,27,34)(H,29,35)(H2,28,30,37);3-4H2,1-2H3;3H2,1-2H3;1-2H3. The van der Waals surface area contributed by atoms with E-state index in [1.54, 1.807) is 20.8 Å². The lowest BCUT2D eigenvalue weighted by atomic mass is 9.80. The van der Waals surface area contributed by atoms with Gasteiger partial charge in [-0.15, -0.1) is 0 Å². The first-order valence-electron chi connectivity index (χ1n) is 17.8. The van der Waals surface area contributed by atoms with E-state index < -0.39 is 59.0 Å². The van der Waals surface area contributed by atoms with Crippen molar-refractivity contribution < 1.29 is 33.5 Å². The zero-order valence-corrected chi connectivity index (χ0v) is 30.7. The summed E-state index contributed by atoms with van der Waals surface area (Å²) in [5.74, 6) is -2.82. The number of rotatable bonds is 13. The van der Waals surface area contributed by atoms with Gasteiger partial charge in [0.25, 0.3) is 5.91 Å². The quantitative estimate of drug-likeness (QED) is 0.164. The van der Waals surface area contributed by atoms with Crippen LogP contribution in [-0.2, 0) is 28.7 Å². The first-order valence-corrected chi connectivity index (χ1v) is 17.8. The molecule has 5 amide bonds.